The summed E-state index contributed by atoms with van der Waals surface area (Å²) in [5, 5.41) is 2.66. The Hall–Kier alpha value is -1.58. The summed E-state index contributed by atoms with van der Waals surface area (Å²) in [7, 11) is 0. The van der Waals surface area contributed by atoms with Crippen molar-refractivity contribution in [3.05, 3.63) is 23.9 Å². The lowest BCUT2D eigenvalue weighted by Gasteiger charge is -2.18. The third-order valence-corrected chi connectivity index (χ3v) is 2.73. The number of hydrogen-bond donors (Lipinski definition) is 1. The molecule has 1 aromatic rings. The largest absolute Gasteiger partial charge is 0.449 e. The molecule has 0 unspecified atom stereocenters. The number of rotatable bonds is 5. The maximum absolute atomic E-state index is 11.6. The van der Waals surface area contributed by atoms with Crippen molar-refractivity contribution in [1.29, 1.82) is 0 Å². The summed E-state index contributed by atoms with van der Waals surface area (Å²) < 4.78 is 5.08. The van der Waals surface area contributed by atoms with Crippen LogP contribution in [0.3, 0.4) is 0 Å². The van der Waals surface area contributed by atoms with Gasteiger partial charge in [-0.3, -0.25) is 5.32 Å². The van der Waals surface area contributed by atoms with E-state index in [0.29, 0.717) is 12.4 Å². The average Bonchev–Trinajstić information content (AvgIpc) is 2.34. The zero-order chi connectivity index (χ0) is 14.3. The third-order valence-electron chi connectivity index (χ3n) is 2.73. The molecule has 0 aromatic carbocycles. The van der Waals surface area contributed by atoms with E-state index in [1.807, 2.05) is 12.1 Å². The van der Waals surface area contributed by atoms with Crippen LogP contribution in [0.4, 0.5) is 10.6 Å². The number of nitrogens with one attached hydrogen (secondary N) is 1. The summed E-state index contributed by atoms with van der Waals surface area (Å²) in [6.07, 6.45) is 2.65. The van der Waals surface area contributed by atoms with E-state index < -0.39 is 6.09 Å². The van der Waals surface area contributed by atoms with Crippen LogP contribution < -0.4 is 5.32 Å². The van der Waals surface area contributed by atoms with Crippen LogP contribution in [0.1, 0.15) is 52.7 Å². The third kappa shape index (κ3) is 5.73. The number of unbranched alkanes of at least 4 members (excludes halogenated alkanes) is 2. The molecule has 1 rings (SSSR count). The van der Waals surface area contributed by atoms with Crippen LogP contribution in [0.25, 0.3) is 0 Å². The topological polar surface area (TPSA) is 51.2 Å². The molecule has 4 nitrogen and oxygen atoms in total. The quantitative estimate of drug-likeness (QED) is 0.814. The summed E-state index contributed by atoms with van der Waals surface area (Å²) in [6.45, 7) is 8.83. The first kappa shape index (κ1) is 15.5. The van der Waals surface area contributed by atoms with Gasteiger partial charge in [-0.25, -0.2) is 9.78 Å². The lowest BCUT2D eigenvalue weighted by Crippen LogP contribution is -2.18. The van der Waals surface area contributed by atoms with Gasteiger partial charge in [-0.2, -0.15) is 0 Å². The van der Waals surface area contributed by atoms with E-state index in [1.54, 1.807) is 6.07 Å². The van der Waals surface area contributed by atoms with Gasteiger partial charge in [-0.15, -0.1) is 0 Å². The molecule has 1 amide bonds. The molecule has 0 atom stereocenters. The number of ether oxygens (including phenoxy) is 1. The van der Waals surface area contributed by atoms with E-state index in [1.165, 1.54) is 0 Å². The molecule has 0 aliphatic rings. The number of hydrogen-bond acceptors (Lipinski definition) is 3. The van der Waals surface area contributed by atoms with Crippen LogP contribution in [0.2, 0.25) is 0 Å². The number of pyridine rings is 1. The van der Waals surface area contributed by atoms with Crippen LogP contribution in [0.5, 0.6) is 0 Å². The SMILES string of the molecule is CCCCCOC(=O)Nc1cccc(C(C)(C)C)n1. The zero-order valence-corrected chi connectivity index (χ0v) is 12.3. The van der Waals surface area contributed by atoms with Crippen molar-refractivity contribution in [2.24, 2.45) is 0 Å². The number of anilines is 1. The number of aromatic nitrogens is 1. The van der Waals surface area contributed by atoms with Crippen LogP contribution in [0.15, 0.2) is 18.2 Å². The molecule has 106 valence electrons. The van der Waals surface area contributed by atoms with Crippen molar-refractivity contribution in [3.8, 4) is 0 Å². The molecule has 0 saturated carbocycles. The minimum Gasteiger partial charge on any atom is -0.449 e. The van der Waals surface area contributed by atoms with Crippen molar-refractivity contribution in [3.63, 3.8) is 0 Å². The second-order valence-electron chi connectivity index (χ2n) is 5.63. The number of nitrogens with zero attached hydrogens (tertiary/aromatic N) is 1. The molecule has 1 aromatic heterocycles. The normalized spacial score (nSPS) is 11.2. The van der Waals surface area contributed by atoms with Crippen LogP contribution >= 0.6 is 0 Å². The molecule has 1 N–H and O–H groups in total. The standard InChI is InChI=1S/C15H24N2O2/c1-5-6-7-11-19-14(18)17-13-10-8-9-12(16-13)15(2,3)4/h8-10H,5-7,11H2,1-4H3,(H,16,17,18). The molecule has 0 bridgehead atoms. The van der Waals surface area contributed by atoms with Crippen molar-refractivity contribution in [2.75, 3.05) is 11.9 Å². The Labute approximate surface area is 115 Å². The summed E-state index contributed by atoms with van der Waals surface area (Å²) in [5.41, 5.74) is 0.902. The van der Waals surface area contributed by atoms with Gasteiger partial charge in [0.25, 0.3) is 0 Å². The number of carbonyl (C=O) groups excluding carboxylic acids is 1. The monoisotopic (exact) mass is 264 g/mol. The molecule has 0 aliphatic heterocycles. The highest BCUT2D eigenvalue weighted by Crippen LogP contribution is 2.21. The van der Waals surface area contributed by atoms with Gasteiger partial charge in [-0.1, -0.05) is 46.6 Å². The van der Waals surface area contributed by atoms with Crippen LogP contribution in [0, 0.1) is 0 Å². The fraction of sp³-hybridized carbons (Fsp3) is 0.600. The molecule has 0 saturated heterocycles. The van der Waals surface area contributed by atoms with Gasteiger partial charge in [0.05, 0.1) is 6.61 Å². The molecule has 0 spiro atoms. The first-order chi connectivity index (χ1) is 8.93. The molecule has 19 heavy (non-hydrogen) atoms. The van der Waals surface area contributed by atoms with Gasteiger partial charge >= 0.3 is 6.09 Å². The van der Waals surface area contributed by atoms with Crippen molar-refractivity contribution < 1.29 is 9.53 Å². The van der Waals surface area contributed by atoms with Crippen molar-refractivity contribution in [1.82, 2.24) is 4.98 Å². The summed E-state index contributed by atoms with van der Waals surface area (Å²) >= 11 is 0. The second-order valence-corrected chi connectivity index (χ2v) is 5.63. The van der Waals surface area contributed by atoms with Crippen molar-refractivity contribution >= 4 is 11.9 Å². The Morgan fingerprint density at radius 2 is 2.05 bits per heavy atom. The van der Waals surface area contributed by atoms with E-state index in [2.05, 4.69) is 38.0 Å². The van der Waals surface area contributed by atoms with Gasteiger partial charge in [0.1, 0.15) is 5.82 Å². The predicted molar refractivity (Wildman–Crippen MR) is 77.4 cm³/mol. The first-order valence-corrected chi connectivity index (χ1v) is 6.85. The number of carbonyl (C=O) groups is 1. The fourth-order valence-corrected chi connectivity index (χ4v) is 1.58. The Kier molecular flexibility index (Phi) is 5.80. The van der Waals surface area contributed by atoms with Gasteiger partial charge in [0.2, 0.25) is 0 Å². The highest BCUT2D eigenvalue weighted by molar-refractivity contribution is 5.83. The van der Waals surface area contributed by atoms with E-state index in [-0.39, 0.29) is 5.41 Å². The van der Waals surface area contributed by atoms with Gasteiger partial charge in [-0.05, 0) is 18.6 Å². The first-order valence-electron chi connectivity index (χ1n) is 6.85. The van der Waals surface area contributed by atoms with E-state index >= 15 is 0 Å². The molecule has 0 fully saturated rings. The molecule has 0 radical (unpaired) electrons. The minimum absolute atomic E-state index is 0.0390. The second kappa shape index (κ2) is 7.12. The van der Waals surface area contributed by atoms with E-state index in [0.717, 1.165) is 25.0 Å². The number of amides is 1. The smallest absolute Gasteiger partial charge is 0.412 e. The van der Waals surface area contributed by atoms with Crippen LogP contribution in [-0.4, -0.2) is 17.7 Å². The van der Waals surface area contributed by atoms with Crippen molar-refractivity contribution in [2.45, 2.75) is 52.4 Å². The Morgan fingerprint density at radius 1 is 1.32 bits per heavy atom. The Morgan fingerprint density at radius 3 is 2.68 bits per heavy atom. The highest BCUT2D eigenvalue weighted by Gasteiger charge is 2.16. The molecule has 1 heterocycles. The molecule has 4 heteroatoms. The summed E-state index contributed by atoms with van der Waals surface area (Å²) in [4.78, 5) is 16.0. The van der Waals surface area contributed by atoms with E-state index in [4.69, 9.17) is 4.74 Å². The highest BCUT2D eigenvalue weighted by atomic mass is 16.5. The Bertz CT molecular complexity index is 411. The van der Waals surface area contributed by atoms with Crippen LogP contribution in [-0.2, 0) is 10.2 Å². The maximum atomic E-state index is 11.6. The fourth-order valence-electron chi connectivity index (χ4n) is 1.58. The Balaban J connectivity index is 2.50. The maximum Gasteiger partial charge on any atom is 0.412 e. The molecule has 0 aliphatic carbocycles. The zero-order valence-electron chi connectivity index (χ0n) is 12.3. The minimum atomic E-state index is -0.435. The van der Waals surface area contributed by atoms with E-state index in [9.17, 15) is 4.79 Å². The predicted octanol–water partition coefficient (Wildman–Crippen LogP) is 4.12. The van der Waals surface area contributed by atoms with Gasteiger partial charge in [0.15, 0.2) is 0 Å². The lowest BCUT2D eigenvalue weighted by atomic mass is 9.92. The molecular weight excluding hydrogens is 240 g/mol. The average molecular weight is 264 g/mol. The van der Waals surface area contributed by atoms with Gasteiger partial charge in [0, 0.05) is 11.1 Å². The summed E-state index contributed by atoms with van der Waals surface area (Å²) in [5.74, 6) is 0.535. The van der Waals surface area contributed by atoms with Gasteiger partial charge < -0.3 is 4.74 Å². The lowest BCUT2D eigenvalue weighted by molar-refractivity contribution is 0.159. The molecular formula is C15H24N2O2. The summed E-state index contributed by atoms with van der Waals surface area (Å²) in [6, 6.07) is 5.61.